The molecule has 0 aliphatic heterocycles. The summed E-state index contributed by atoms with van der Waals surface area (Å²) >= 11 is 0. The summed E-state index contributed by atoms with van der Waals surface area (Å²) in [6, 6.07) is 2.95. The monoisotopic (exact) mass is 276 g/mol. The molecule has 0 aliphatic rings. The Morgan fingerprint density at radius 1 is 1.55 bits per heavy atom. The van der Waals surface area contributed by atoms with E-state index in [0.29, 0.717) is 5.56 Å². The second-order valence-electron chi connectivity index (χ2n) is 4.00. The Kier molecular flexibility index (Phi) is 4.81. The van der Waals surface area contributed by atoms with Gasteiger partial charge in [0.2, 0.25) is 0 Å². The van der Waals surface area contributed by atoms with Crippen molar-refractivity contribution in [1.29, 1.82) is 0 Å². The molecule has 1 rings (SSSR count). The van der Waals surface area contributed by atoms with E-state index in [0.717, 1.165) is 0 Å². The molecular weight excluding hydrogens is 264 g/mol. The van der Waals surface area contributed by atoms with Crippen LogP contribution in [0.5, 0.6) is 0 Å². The van der Waals surface area contributed by atoms with Crippen LogP contribution in [0.2, 0.25) is 0 Å². The number of rotatable bonds is 5. The lowest BCUT2D eigenvalue weighted by Crippen LogP contribution is -2.40. The molecular formula is C13H12N2O5. The number of carboxylic acids is 1. The Hall–Kier alpha value is -2.88. The summed E-state index contributed by atoms with van der Waals surface area (Å²) in [6.45, 7) is 1.49. The number of aliphatic carboxylic acids is 1. The van der Waals surface area contributed by atoms with Crippen LogP contribution in [-0.2, 0) is 4.79 Å². The quantitative estimate of drug-likeness (QED) is 0.475. The number of terminal acetylenes is 1. The molecule has 104 valence electrons. The number of hydrogen-bond acceptors (Lipinski definition) is 4. The molecule has 1 aromatic rings. The molecule has 0 aromatic heterocycles. The molecule has 7 nitrogen and oxygen atoms in total. The van der Waals surface area contributed by atoms with Gasteiger partial charge in [0.15, 0.2) is 0 Å². The number of nitro groups is 1. The van der Waals surface area contributed by atoms with E-state index in [1.165, 1.54) is 25.1 Å². The Labute approximate surface area is 114 Å². The van der Waals surface area contributed by atoms with Gasteiger partial charge in [-0.1, -0.05) is 12.1 Å². The van der Waals surface area contributed by atoms with Gasteiger partial charge in [-0.15, -0.1) is 12.3 Å². The predicted octanol–water partition coefficient (Wildman–Crippen LogP) is 1.11. The minimum Gasteiger partial charge on any atom is -0.480 e. The van der Waals surface area contributed by atoms with Crippen LogP contribution in [0.1, 0.15) is 22.3 Å². The highest BCUT2D eigenvalue weighted by molar-refractivity contribution is 6.00. The number of benzene rings is 1. The molecule has 0 aliphatic carbocycles. The lowest BCUT2D eigenvalue weighted by molar-refractivity contribution is -0.385. The molecule has 1 unspecified atom stereocenters. The van der Waals surface area contributed by atoms with Gasteiger partial charge in [-0.2, -0.15) is 0 Å². The normalized spacial score (nSPS) is 11.2. The fourth-order valence-corrected chi connectivity index (χ4v) is 1.64. The molecule has 2 N–H and O–H groups in total. The van der Waals surface area contributed by atoms with Crippen LogP contribution in [0.4, 0.5) is 5.69 Å². The summed E-state index contributed by atoms with van der Waals surface area (Å²) < 4.78 is 0. The number of para-hydroxylation sites is 1. The van der Waals surface area contributed by atoms with Gasteiger partial charge in [0, 0.05) is 12.0 Å². The van der Waals surface area contributed by atoms with Crippen molar-refractivity contribution >= 4 is 17.6 Å². The van der Waals surface area contributed by atoms with Crippen LogP contribution < -0.4 is 5.32 Å². The van der Waals surface area contributed by atoms with Gasteiger partial charge in [-0.25, -0.2) is 4.79 Å². The van der Waals surface area contributed by atoms with E-state index < -0.39 is 22.8 Å². The maximum Gasteiger partial charge on any atom is 0.327 e. The van der Waals surface area contributed by atoms with Crippen molar-refractivity contribution in [2.75, 3.05) is 0 Å². The zero-order valence-corrected chi connectivity index (χ0v) is 10.6. The minimum absolute atomic E-state index is 0.196. The summed E-state index contributed by atoms with van der Waals surface area (Å²) in [5.74, 6) is -0.0186. The smallest absolute Gasteiger partial charge is 0.327 e. The highest BCUT2D eigenvalue weighted by Crippen LogP contribution is 2.23. The summed E-state index contributed by atoms with van der Waals surface area (Å²) in [6.07, 6.45) is 4.80. The van der Waals surface area contributed by atoms with E-state index in [1.54, 1.807) is 0 Å². The molecule has 7 heteroatoms. The number of aryl methyl sites for hydroxylation is 1. The molecule has 0 fully saturated rings. The SMILES string of the molecule is C#CCC(NC(=O)c1cccc(C)c1[N+](=O)[O-])C(=O)O. The first-order valence-electron chi connectivity index (χ1n) is 5.59. The van der Waals surface area contributed by atoms with E-state index in [4.69, 9.17) is 11.5 Å². The van der Waals surface area contributed by atoms with Gasteiger partial charge in [0.05, 0.1) is 4.92 Å². The number of carboxylic acid groups (broad SMARTS) is 1. The third-order valence-corrected chi connectivity index (χ3v) is 2.59. The van der Waals surface area contributed by atoms with Gasteiger partial charge in [0.25, 0.3) is 11.6 Å². The number of carbonyl (C=O) groups excluding carboxylic acids is 1. The topological polar surface area (TPSA) is 110 Å². The van der Waals surface area contributed by atoms with Gasteiger partial charge in [0.1, 0.15) is 11.6 Å². The van der Waals surface area contributed by atoms with E-state index in [9.17, 15) is 19.7 Å². The van der Waals surface area contributed by atoms with Crippen LogP contribution in [-0.4, -0.2) is 27.9 Å². The van der Waals surface area contributed by atoms with E-state index in [2.05, 4.69) is 11.2 Å². The summed E-state index contributed by atoms with van der Waals surface area (Å²) in [5.41, 5.74) is -0.236. The van der Waals surface area contributed by atoms with Gasteiger partial charge >= 0.3 is 5.97 Å². The van der Waals surface area contributed by atoms with Gasteiger partial charge < -0.3 is 10.4 Å². The second kappa shape index (κ2) is 6.33. The third-order valence-electron chi connectivity index (χ3n) is 2.59. The zero-order chi connectivity index (χ0) is 15.3. The Bertz CT molecular complexity index is 603. The van der Waals surface area contributed by atoms with Crippen LogP contribution in [0, 0.1) is 29.4 Å². The lowest BCUT2D eigenvalue weighted by Gasteiger charge is -2.12. The molecule has 0 bridgehead atoms. The van der Waals surface area contributed by atoms with Gasteiger partial charge in [-0.05, 0) is 13.0 Å². The molecule has 20 heavy (non-hydrogen) atoms. The average Bonchev–Trinajstić information content (AvgIpc) is 2.37. The molecule has 0 radical (unpaired) electrons. The number of carbonyl (C=O) groups is 2. The second-order valence-corrected chi connectivity index (χ2v) is 4.00. The maximum atomic E-state index is 12.0. The van der Waals surface area contributed by atoms with Crippen LogP contribution in [0.3, 0.4) is 0 Å². The molecule has 1 atom stereocenters. The molecule has 1 amide bonds. The van der Waals surface area contributed by atoms with Crippen molar-refractivity contribution < 1.29 is 19.6 Å². The first kappa shape index (κ1) is 15.2. The number of nitrogens with one attached hydrogen (secondary N) is 1. The largest absolute Gasteiger partial charge is 0.480 e. The number of nitro benzene ring substituents is 1. The predicted molar refractivity (Wildman–Crippen MR) is 70.2 cm³/mol. The summed E-state index contributed by atoms with van der Waals surface area (Å²) in [5, 5.41) is 22.0. The molecule has 1 aromatic carbocycles. The molecule has 0 saturated carbocycles. The fourth-order valence-electron chi connectivity index (χ4n) is 1.64. The van der Waals surface area contributed by atoms with Crippen LogP contribution in [0.15, 0.2) is 18.2 Å². The highest BCUT2D eigenvalue weighted by Gasteiger charge is 2.26. The van der Waals surface area contributed by atoms with E-state index in [1.807, 2.05) is 0 Å². The third kappa shape index (κ3) is 3.32. The fraction of sp³-hybridized carbons (Fsp3) is 0.231. The first-order chi connectivity index (χ1) is 9.38. The van der Waals surface area contributed by atoms with Crippen molar-refractivity contribution in [2.45, 2.75) is 19.4 Å². The summed E-state index contributed by atoms with van der Waals surface area (Å²) in [4.78, 5) is 33.2. The number of hydrogen-bond donors (Lipinski definition) is 2. The Morgan fingerprint density at radius 2 is 2.20 bits per heavy atom. The van der Waals surface area contributed by atoms with Crippen LogP contribution in [0.25, 0.3) is 0 Å². The summed E-state index contributed by atoms with van der Waals surface area (Å²) in [7, 11) is 0. The Morgan fingerprint density at radius 3 is 2.70 bits per heavy atom. The number of nitrogens with zero attached hydrogens (tertiary/aromatic N) is 1. The van der Waals surface area contributed by atoms with Gasteiger partial charge in [-0.3, -0.25) is 14.9 Å². The van der Waals surface area contributed by atoms with Crippen molar-refractivity contribution in [3.8, 4) is 12.3 Å². The van der Waals surface area contributed by atoms with E-state index in [-0.39, 0.29) is 17.7 Å². The van der Waals surface area contributed by atoms with Crippen molar-refractivity contribution in [3.63, 3.8) is 0 Å². The number of amides is 1. The lowest BCUT2D eigenvalue weighted by atomic mass is 10.1. The standard InChI is InChI=1S/C13H12N2O5/c1-3-5-10(13(17)18)14-12(16)9-7-4-6-8(2)11(9)15(19)20/h1,4,6-7,10H,5H2,2H3,(H,14,16)(H,17,18). The van der Waals surface area contributed by atoms with E-state index >= 15 is 0 Å². The molecule has 0 saturated heterocycles. The average molecular weight is 276 g/mol. The first-order valence-corrected chi connectivity index (χ1v) is 5.59. The maximum absolute atomic E-state index is 12.0. The highest BCUT2D eigenvalue weighted by atomic mass is 16.6. The molecule has 0 spiro atoms. The zero-order valence-electron chi connectivity index (χ0n) is 10.6. The van der Waals surface area contributed by atoms with Crippen molar-refractivity contribution in [1.82, 2.24) is 5.32 Å². The van der Waals surface area contributed by atoms with Crippen molar-refractivity contribution in [3.05, 3.63) is 39.4 Å². The van der Waals surface area contributed by atoms with Crippen LogP contribution >= 0.6 is 0 Å². The van der Waals surface area contributed by atoms with Crippen molar-refractivity contribution in [2.24, 2.45) is 0 Å². The Balaban J connectivity index is 3.10. The molecule has 0 heterocycles. The minimum atomic E-state index is -1.30.